The summed E-state index contributed by atoms with van der Waals surface area (Å²) in [5.41, 5.74) is -0.344. The first-order chi connectivity index (χ1) is 11.4. The summed E-state index contributed by atoms with van der Waals surface area (Å²) < 4.78 is 5.37. The zero-order valence-electron chi connectivity index (χ0n) is 12.5. The number of aliphatic carboxylic acids is 1. The lowest BCUT2D eigenvalue weighted by Gasteiger charge is -2.35. The molecular formula is C16H14ClNO6. The molecule has 2 N–H and O–H groups in total. The molecule has 0 saturated carbocycles. The Bertz CT molecular complexity index is 753. The van der Waals surface area contributed by atoms with E-state index in [-0.39, 0.29) is 12.2 Å². The van der Waals surface area contributed by atoms with E-state index < -0.39 is 41.3 Å². The Labute approximate surface area is 141 Å². The van der Waals surface area contributed by atoms with Crippen molar-refractivity contribution in [3.8, 4) is 0 Å². The lowest BCUT2D eigenvalue weighted by Crippen LogP contribution is -2.54. The highest BCUT2D eigenvalue weighted by Gasteiger charge is 2.55. The number of ketones is 2. The molecule has 1 aromatic carbocycles. The zero-order valence-corrected chi connectivity index (χ0v) is 13.3. The molecule has 2 aliphatic rings. The number of halogens is 1. The second-order valence-electron chi connectivity index (χ2n) is 5.85. The van der Waals surface area contributed by atoms with Crippen LogP contribution in [0.5, 0.6) is 0 Å². The van der Waals surface area contributed by atoms with E-state index in [1.165, 1.54) is 6.07 Å². The zero-order chi connectivity index (χ0) is 17.5. The molecule has 1 fully saturated rings. The first kappa shape index (κ1) is 16.6. The smallest absolute Gasteiger partial charge is 0.322 e. The van der Waals surface area contributed by atoms with Gasteiger partial charge in [0.1, 0.15) is 6.54 Å². The molecule has 1 saturated heterocycles. The number of carbonyl (C=O) groups is 4. The van der Waals surface area contributed by atoms with Gasteiger partial charge in [0.15, 0.2) is 17.5 Å². The minimum absolute atomic E-state index is 0.0798. The highest BCUT2D eigenvalue weighted by atomic mass is 35.5. The van der Waals surface area contributed by atoms with Gasteiger partial charge in [-0.3, -0.25) is 19.2 Å². The topological polar surface area (TPSA) is 110 Å². The van der Waals surface area contributed by atoms with Gasteiger partial charge in [-0.05, 0) is 24.1 Å². The second-order valence-corrected chi connectivity index (χ2v) is 6.28. The van der Waals surface area contributed by atoms with Gasteiger partial charge in [0.25, 0.3) is 0 Å². The number of amides is 1. The predicted molar refractivity (Wildman–Crippen MR) is 82.0 cm³/mol. The number of carbonyl (C=O) groups excluding carboxylic acids is 3. The van der Waals surface area contributed by atoms with Crippen LogP contribution in [0.15, 0.2) is 18.2 Å². The Morgan fingerprint density at radius 3 is 2.75 bits per heavy atom. The summed E-state index contributed by atoms with van der Waals surface area (Å²) in [6, 6.07) is 4.64. The fraction of sp³-hybridized carbons (Fsp3) is 0.375. The van der Waals surface area contributed by atoms with Crippen molar-refractivity contribution in [3.63, 3.8) is 0 Å². The third-order valence-corrected chi connectivity index (χ3v) is 4.69. The number of ether oxygens (including phenoxy) is 1. The van der Waals surface area contributed by atoms with Gasteiger partial charge in [0.2, 0.25) is 5.91 Å². The van der Waals surface area contributed by atoms with Crippen LogP contribution in [0.2, 0.25) is 5.02 Å². The molecule has 8 heteroatoms. The third-order valence-electron chi connectivity index (χ3n) is 4.46. The van der Waals surface area contributed by atoms with Gasteiger partial charge in [0, 0.05) is 17.2 Å². The van der Waals surface area contributed by atoms with Crippen LogP contribution in [0, 0.1) is 5.92 Å². The molecule has 126 valence electrons. The molecule has 1 aromatic rings. The number of Topliss-reactive ketones (excluding diaryl/α,β-unsaturated/α-hetero) is 2. The van der Waals surface area contributed by atoms with E-state index in [9.17, 15) is 19.2 Å². The van der Waals surface area contributed by atoms with Gasteiger partial charge in [0.05, 0.1) is 12.0 Å². The van der Waals surface area contributed by atoms with Gasteiger partial charge in [-0.25, -0.2) is 0 Å². The number of carboxylic acids is 1. The number of benzene rings is 1. The van der Waals surface area contributed by atoms with Gasteiger partial charge >= 0.3 is 5.97 Å². The normalized spacial score (nSPS) is 25.6. The molecule has 1 aliphatic carbocycles. The lowest BCUT2D eigenvalue weighted by molar-refractivity contribution is -0.141. The van der Waals surface area contributed by atoms with Crippen LogP contribution in [-0.4, -0.2) is 48.3 Å². The molecule has 24 heavy (non-hydrogen) atoms. The monoisotopic (exact) mass is 351 g/mol. The number of hydrogen-bond acceptors (Lipinski definition) is 5. The van der Waals surface area contributed by atoms with Gasteiger partial charge in [-0.1, -0.05) is 17.7 Å². The van der Waals surface area contributed by atoms with Crippen LogP contribution >= 0.6 is 11.6 Å². The summed E-state index contributed by atoms with van der Waals surface area (Å²) in [6.07, 6.45) is 0.358. The van der Waals surface area contributed by atoms with E-state index in [4.69, 9.17) is 21.4 Å². The van der Waals surface area contributed by atoms with E-state index in [0.29, 0.717) is 23.6 Å². The molecule has 1 heterocycles. The average molecular weight is 352 g/mol. The number of fused-ring (bicyclic) bond motifs is 2. The number of nitrogens with one attached hydrogen (secondary N) is 1. The summed E-state index contributed by atoms with van der Waals surface area (Å²) in [7, 11) is 0. The van der Waals surface area contributed by atoms with Crippen LogP contribution in [-0.2, 0) is 24.5 Å². The highest BCUT2D eigenvalue weighted by Crippen LogP contribution is 2.43. The van der Waals surface area contributed by atoms with Crippen LogP contribution in [0.25, 0.3) is 0 Å². The summed E-state index contributed by atoms with van der Waals surface area (Å²) in [4.78, 5) is 48.5. The molecule has 1 spiro atoms. The number of rotatable bonds is 3. The summed E-state index contributed by atoms with van der Waals surface area (Å²) >= 11 is 5.96. The van der Waals surface area contributed by atoms with Crippen molar-refractivity contribution in [1.29, 1.82) is 0 Å². The maximum Gasteiger partial charge on any atom is 0.322 e. The maximum absolute atomic E-state index is 13.0. The van der Waals surface area contributed by atoms with Crippen LogP contribution in [0.3, 0.4) is 0 Å². The van der Waals surface area contributed by atoms with Crippen molar-refractivity contribution in [2.75, 3.05) is 19.8 Å². The molecule has 0 radical (unpaired) electrons. The summed E-state index contributed by atoms with van der Waals surface area (Å²) in [5, 5.41) is 11.1. The summed E-state index contributed by atoms with van der Waals surface area (Å²) in [6.45, 7) is -0.246. The quantitative estimate of drug-likeness (QED) is 0.771. The van der Waals surface area contributed by atoms with E-state index in [0.717, 1.165) is 0 Å². The van der Waals surface area contributed by atoms with E-state index in [1.807, 2.05) is 0 Å². The van der Waals surface area contributed by atoms with E-state index in [2.05, 4.69) is 5.32 Å². The fourth-order valence-corrected chi connectivity index (χ4v) is 3.47. The minimum Gasteiger partial charge on any atom is -0.480 e. The number of hydrogen-bond donors (Lipinski definition) is 2. The SMILES string of the molecule is O=C(O)CNC(=O)C1C(=O)c2cc(Cl)ccc2[C@]2(CCOC2)C1=O. The molecule has 0 bridgehead atoms. The van der Waals surface area contributed by atoms with Crippen molar-refractivity contribution >= 4 is 35.0 Å². The average Bonchev–Trinajstić information content (AvgIpc) is 3.02. The van der Waals surface area contributed by atoms with E-state index in [1.54, 1.807) is 12.1 Å². The first-order valence-corrected chi connectivity index (χ1v) is 7.70. The molecule has 1 aliphatic heterocycles. The third kappa shape index (κ3) is 2.50. The van der Waals surface area contributed by atoms with Gasteiger partial charge in [-0.15, -0.1) is 0 Å². The lowest BCUT2D eigenvalue weighted by atomic mass is 9.64. The first-order valence-electron chi connectivity index (χ1n) is 7.32. The molecule has 0 aromatic heterocycles. The van der Waals surface area contributed by atoms with Crippen LogP contribution in [0.4, 0.5) is 0 Å². The van der Waals surface area contributed by atoms with Gasteiger partial charge < -0.3 is 15.2 Å². The van der Waals surface area contributed by atoms with Gasteiger partial charge in [-0.2, -0.15) is 0 Å². The molecular weight excluding hydrogens is 338 g/mol. The Hall–Kier alpha value is -2.25. The maximum atomic E-state index is 13.0. The Kier molecular flexibility index (Phi) is 4.15. The molecule has 3 rings (SSSR count). The Balaban J connectivity index is 2.07. The van der Waals surface area contributed by atoms with Crippen molar-refractivity contribution < 1.29 is 29.0 Å². The molecule has 7 nitrogen and oxygen atoms in total. The molecule has 2 atom stereocenters. The van der Waals surface area contributed by atoms with E-state index >= 15 is 0 Å². The molecule has 1 amide bonds. The largest absolute Gasteiger partial charge is 0.480 e. The standard InChI is InChI=1S/C16H14ClNO6/c17-8-1-2-10-9(5-8)13(21)12(15(23)18-6-11(19)20)14(22)16(10)3-4-24-7-16/h1-2,5,12H,3-4,6-7H2,(H,18,23)(H,19,20)/t12?,16-/m1/s1. The van der Waals surface area contributed by atoms with Crippen molar-refractivity contribution in [3.05, 3.63) is 34.3 Å². The van der Waals surface area contributed by atoms with Crippen LogP contribution < -0.4 is 5.32 Å². The fourth-order valence-electron chi connectivity index (χ4n) is 3.30. The predicted octanol–water partition coefficient (Wildman–Crippen LogP) is 0.580. The summed E-state index contributed by atoms with van der Waals surface area (Å²) in [5.74, 6) is -4.98. The Morgan fingerprint density at radius 2 is 2.12 bits per heavy atom. The molecule has 1 unspecified atom stereocenters. The second kappa shape index (κ2) is 5.99. The number of carboxylic acid groups (broad SMARTS) is 1. The van der Waals surface area contributed by atoms with Crippen LogP contribution in [0.1, 0.15) is 22.3 Å². The van der Waals surface area contributed by atoms with Crippen molar-refractivity contribution in [2.45, 2.75) is 11.8 Å². The Morgan fingerprint density at radius 1 is 1.38 bits per heavy atom. The minimum atomic E-state index is -1.59. The van der Waals surface area contributed by atoms with Crippen molar-refractivity contribution in [1.82, 2.24) is 5.32 Å². The highest BCUT2D eigenvalue weighted by molar-refractivity contribution is 6.33. The van der Waals surface area contributed by atoms with Crippen molar-refractivity contribution in [2.24, 2.45) is 5.92 Å².